The topological polar surface area (TPSA) is 53.3 Å². The Bertz CT molecular complexity index is 434. The molecule has 21 heavy (non-hydrogen) atoms. The van der Waals surface area contributed by atoms with Crippen LogP contribution >= 0.6 is 0 Å². The monoisotopic (exact) mass is 296 g/mol. The first-order valence-electron chi connectivity index (χ1n) is 7.93. The zero-order chi connectivity index (χ0) is 16.0. The van der Waals surface area contributed by atoms with Crippen LogP contribution in [0, 0.1) is 6.92 Å². The summed E-state index contributed by atoms with van der Waals surface area (Å²) in [6.45, 7) is 13.3. The SMILES string of the molecule is CCCCN(CCO)c1c(CNC(C)(C)C)c(C)nn1C. The highest BCUT2D eigenvalue weighted by atomic mass is 16.3. The van der Waals surface area contributed by atoms with Gasteiger partial charge in [0.1, 0.15) is 5.82 Å². The molecule has 0 unspecified atom stereocenters. The number of aromatic nitrogens is 2. The molecule has 0 aromatic carbocycles. The smallest absolute Gasteiger partial charge is 0.131 e. The van der Waals surface area contributed by atoms with Crippen molar-refractivity contribution in [2.45, 2.75) is 59.5 Å². The lowest BCUT2D eigenvalue weighted by atomic mass is 10.1. The van der Waals surface area contributed by atoms with Gasteiger partial charge in [0.15, 0.2) is 0 Å². The number of unbranched alkanes of at least 4 members (excludes halogenated alkanes) is 1. The molecule has 0 aliphatic rings. The van der Waals surface area contributed by atoms with E-state index in [1.807, 2.05) is 11.7 Å². The highest BCUT2D eigenvalue weighted by molar-refractivity contribution is 5.50. The van der Waals surface area contributed by atoms with Gasteiger partial charge in [0.05, 0.1) is 12.3 Å². The van der Waals surface area contributed by atoms with E-state index in [0.29, 0.717) is 6.54 Å². The Balaban J connectivity index is 3.01. The van der Waals surface area contributed by atoms with Gasteiger partial charge < -0.3 is 15.3 Å². The summed E-state index contributed by atoms with van der Waals surface area (Å²) in [5, 5.41) is 17.5. The molecular weight excluding hydrogens is 264 g/mol. The Morgan fingerprint density at radius 2 is 1.95 bits per heavy atom. The molecule has 0 saturated carbocycles. The number of aryl methyl sites for hydroxylation is 2. The van der Waals surface area contributed by atoms with Gasteiger partial charge in [-0.15, -0.1) is 0 Å². The van der Waals surface area contributed by atoms with E-state index >= 15 is 0 Å². The van der Waals surface area contributed by atoms with Gasteiger partial charge in [0, 0.05) is 37.8 Å². The van der Waals surface area contributed by atoms with Gasteiger partial charge in [-0.3, -0.25) is 4.68 Å². The van der Waals surface area contributed by atoms with Crippen LogP contribution in [0.4, 0.5) is 5.82 Å². The quantitative estimate of drug-likeness (QED) is 0.772. The van der Waals surface area contributed by atoms with Crippen molar-refractivity contribution in [3.05, 3.63) is 11.3 Å². The number of aliphatic hydroxyl groups excluding tert-OH is 1. The molecule has 1 heterocycles. The molecule has 0 radical (unpaired) electrons. The summed E-state index contributed by atoms with van der Waals surface area (Å²) in [6, 6.07) is 0. The van der Waals surface area contributed by atoms with Crippen LogP contribution in [0.25, 0.3) is 0 Å². The number of hydrogen-bond donors (Lipinski definition) is 2. The van der Waals surface area contributed by atoms with Gasteiger partial charge in [0.2, 0.25) is 0 Å². The van der Waals surface area contributed by atoms with Crippen molar-refractivity contribution >= 4 is 5.82 Å². The lowest BCUT2D eigenvalue weighted by Gasteiger charge is -2.27. The minimum atomic E-state index is 0.0742. The Kier molecular flexibility index (Phi) is 6.68. The second kappa shape index (κ2) is 7.80. The van der Waals surface area contributed by atoms with Gasteiger partial charge in [0.25, 0.3) is 0 Å². The van der Waals surface area contributed by atoms with Gasteiger partial charge in [-0.2, -0.15) is 5.10 Å². The molecule has 1 aromatic heterocycles. The molecule has 0 aliphatic carbocycles. The molecule has 1 aromatic rings. The Labute approximate surface area is 129 Å². The number of hydrogen-bond acceptors (Lipinski definition) is 4. The highest BCUT2D eigenvalue weighted by Gasteiger charge is 2.20. The molecule has 0 amide bonds. The number of aliphatic hydroxyl groups is 1. The van der Waals surface area contributed by atoms with Crippen LogP contribution in [0.5, 0.6) is 0 Å². The van der Waals surface area contributed by atoms with E-state index in [0.717, 1.165) is 37.4 Å². The summed E-state index contributed by atoms with van der Waals surface area (Å²) < 4.78 is 1.94. The predicted octanol–water partition coefficient (Wildman–Crippen LogP) is 2.22. The summed E-state index contributed by atoms with van der Waals surface area (Å²) in [4.78, 5) is 2.25. The second-order valence-electron chi connectivity index (χ2n) is 6.68. The van der Waals surface area contributed by atoms with Crippen LogP contribution < -0.4 is 10.2 Å². The standard InChI is InChI=1S/C16H32N4O/c1-7-8-9-20(10-11-21)15-14(12-17-16(3,4)5)13(2)18-19(15)6/h17,21H,7-12H2,1-6H3. The second-order valence-corrected chi connectivity index (χ2v) is 6.68. The number of rotatable bonds is 8. The maximum absolute atomic E-state index is 9.36. The minimum Gasteiger partial charge on any atom is -0.395 e. The molecule has 1 rings (SSSR count). The first-order chi connectivity index (χ1) is 9.80. The van der Waals surface area contributed by atoms with Crippen molar-refractivity contribution in [3.8, 4) is 0 Å². The van der Waals surface area contributed by atoms with E-state index in [4.69, 9.17) is 0 Å². The Hall–Kier alpha value is -1.07. The van der Waals surface area contributed by atoms with Crippen molar-refractivity contribution in [1.82, 2.24) is 15.1 Å². The van der Waals surface area contributed by atoms with E-state index in [-0.39, 0.29) is 12.1 Å². The van der Waals surface area contributed by atoms with Gasteiger partial charge in [-0.05, 0) is 34.1 Å². The van der Waals surface area contributed by atoms with Gasteiger partial charge in [-0.25, -0.2) is 0 Å². The molecule has 2 N–H and O–H groups in total. The molecule has 0 spiro atoms. The minimum absolute atomic E-state index is 0.0742. The molecule has 0 fully saturated rings. The Morgan fingerprint density at radius 1 is 1.29 bits per heavy atom. The number of anilines is 1. The van der Waals surface area contributed by atoms with Crippen molar-refractivity contribution in [1.29, 1.82) is 0 Å². The van der Waals surface area contributed by atoms with Crippen LogP contribution in [0.1, 0.15) is 51.8 Å². The first kappa shape index (κ1) is 18.0. The van der Waals surface area contributed by atoms with Gasteiger partial charge >= 0.3 is 0 Å². The van der Waals surface area contributed by atoms with E-state index < -0.39 is 0 Å². The number of nitrogens with one attached hydrogen (secondary N) is 1. The largest absolute Gasteiger partial charge is 0.395 e. The van der Waals surface area contributed by atoms with Crippen LogP contribution in [0.15, 0.2) is 0 Å². The molecule has 0 aliphatic heterocycles. The van der Waals surface area contributed by atoms with Gasteiger partial charge in [-0.1, -0.05) is 13.3 Å². The Morgan fingerprint density at radius 3 is 2.48 bits per heavy atom. The predicted molar refractivity (Wildman–Crippen MR) is 88.7 cm³/mol. The fraction of sp³-hybridized carbons (Fsp3) is 0.812. The van der Waals surface area contributed by atoms with Crippen LogP contribution in [0.3, 0.4) is 0 Å². The summed E-state index contributed by atoms with van der Waals surface area (Å²) in [5.74, 6) is 1.13. The zero-order valence-electron chi connectivity index (χ0n) is 14.5. The van der Waals surface area contributed by atoms with Crippen molar-refractivity contribution in [3.63, 3.8) is 0 Å². The third-order valence-electron chi connectivity index (χ3n) is 3.56. The molecule has 0 atom stereocenters. The fourth-order valence-electron chi connectivity index (χ4n) is 2.44. The zero-order valence-corrected chi connectivity index (χ0v) is 14.5. The van der Waals surface area contributed by atoms with E-state index in [1.165, 1.54) is 5.56 Å². The summed E-state index contributed by atoms with van der Waals surface area (Å²) in [5.41, 5.74) is 2.37. The van der Waals surface area contributed by atoms with Crippen LogP contribution in [-0.4, -0.2) is 40.1 Å². The highest BCUT2D eigenvalue weighted by Crippen LogP contribution is 2.24. The molecule has 0 bridgehead atoms. The normalized spacial score (nSPS) is 12.0. The lowest BCUT2D eigenvalue weighted by Crippen LogP contribution is -2.36. The van der Waals surface area contributed by atoms with E-state index in [1.54, 1.807) is 0 Å². The maximum Gasteiger partial charge on any atom is 0.131 e. The third kappa shape index (κ3) is 5.32. The molecule has 122 valence electrons. The van der Waals surface area contributed by atoms with Crippen molar-refractivity contribution in [2.75, 3.05) is 24.6 Å². The fourth-order valence-corrected chi connectivity index (χ4v) is 2.44. The molecule has 5 nitrogen and oxygen atoms in total. The van der Waals surface area contributed by atoms with Crippen molar-refractivity contribution in [2.24, 2.45) is 7.05 Å². The summed E-state index contributed by atoms with van der Waals surface area (Å²) in [6.07, 6.45) is 2.27. The summed E-state index contributed by atoms with van der Waals surface area (Å²) in [7, 11) is 1.99. The first-order valence-corrected chi connectivity index (χ1v) is 7.93. The maximum atomic E-state index is 9.36. The van der Waals surface area contributed by atoms with Crippen molar-refractivity contribution < 1.29 is 5.11 Å². The molecule has 0 saturated heterocycles. The lowest BCUT2D eigenvalue weighted by molar-refractivity contribution is 0.300. The summed E-state index contributed by atoms with van der Waals surface area (Å²) >= 11 is 0. The van der Waals surface area contributed by atoms with E-state index in [2.05, 4.69) is 49.9 Å². The van der Waals surface area contributed by atoms with Crippen LogP contribution in [0.2, 0.25) is 0 Å². The molecular formula is C16H32N4O. The molecule has 5 heteroatoms. The average molecular weight is 296 g/mol. The van der Waals surface area contributed by atoms with Crippen LogP contribution in [-0.2, 0) is 13.6 Å². The van der Waals surface area contributed by atoms with E-state index in [9.17, 15) is 5.11 Å². The average Bonchev–Trinajstić information content (AvgIpc) is 2.65. The number of nitrogens with zero attached hydrogens (tertiary/aromatic N) is 3. The third-order valence-corrected chi connectivity index (χ3v) is 3.56.